The Morgan fingerprint density at radius 2 is 0.618 bits per heavy atom. The molecule has 0 aliphatic carbocycles. The van der Waals surface area contributed by atoms with Crippen LogP contribution in [0.5, 0.6) is 0 Å². The van der Waals surface area contributed by atoms with Crippen molar-refractivity contribution in [1.29, 1.82) is 0 Å². The van der Waals surface area contributed by atoms with Crippen LogP contribution in [-0.4, -0.2) is 122 Å². The minimum absolute atomic E-state index is 0.0302. The number of hydrogen-bond acceptors (Lipinski definition) is 8. The first kappa shape index (κ1) is 77.8. The summed E-state index contributed by atoms with van der Waals surface area (Å²) in [5.41, 5.74) is 8.86. The maximum absolute atomic E-state index is 10.9. The van der Waals surface area contributed by atoms with E-state index < -0.39 is 5.60 Å². The van der Waals surface area contributed by atoms with E-state index in [1.807, 2.05) is 30.3 Å². The van der Waals surface area contributed by atoms with Gasteiger partial charge in [0.25, 0.3) is 0 Å². The monoisotopic (exact) mass is 1370 g/mol. The van der Waals surface area contributed by atoms with E-state index >= 15 is 0 Å². The molecule has 6 aliphatic heterocycles. The Morgan fingerprint density at radius 3 is 0.980 bits per heavy atom. The average molecular weight is 1370 g/mol. The summed E-state index contributed by atoms with van der Waals surface area (Å²) in [6, 6.07) is 86.6. The third-order valence-corrected chi connectivity index (χ3v) is 23.6. The summed E-state index contributed by atoms with van der Waals surface area (Å²) in [6.07, 6.45) is 5.75. The van der Waals surface area contributed by atoms with Gasteiger partial charge in [0.05, 0.1) is 11.7 Å². The number of likely N-dealkylation sites (tertiary alicyclic amines) is 6. The van der Waals surface area contributed by atoms with Gasteiger partial charge in [0.1, 0.15) is 0 Å². The van der Waals surface area contributed by atoms with Crippen LogP contribution in [0.3, 0.4) is 0 Å². The summed E-state index contributed by atoms with van der Waals surface area (Å²) < 4.78 is 0. The molecular weight excluding hydrogens is 1250 g/mol. The quantitative estimate of drug-likeness (QED) is 0.118. The lowest BCUT2D eigenvalue weighted by molar-refractivity contribution is -0.102. The van der Waals surface area contributed by atoms with E-state index in [9.17, 15) is 10.2 Å². The molecule has 0 amide bonds. The van der Waals surface area contributed by atoms with Crippen LogP contribution in [0.2, 0.25) is 0 Å². The van der Waals surface area contributed by atoms with Crippen LogP contribution in [0.1, 0.15) is 211 Å². The maximum atomic E-state index is 10.9. The van der Waals surface area contributed by atoms with Crippen LogP contribution in [0.4, 0.5) is 0 Å². The first-order chi connectivity index (χ1) is 49.0. The van der Waals surface area contributed by atoms with E-state index in [1.54, 1.807) is 0 Å². The molecular formula is C94H126N6O2. The van der Waals surface area contributed by atoms with Gasteiger partial charge in [0.15, 0.2) is 0 Å². The third kappa shape index (κ3) is 20.4. The summed E-state index contributed by atoms with van der Waals surface area (Å²) in [7, 11) is 0. The number of fused-ring (bicyclic) bond motifs is 2. The highest BCUT2D eigenvalue weighted by atomic mass is 16.3. The molecule has 9 aromatic carbocycles. The molecule has 8 nitrogen and oxygen atoms in total. The van der Waals surface area contributed by atoms with Crippen LogP contribution >= 0.6 is 0 Å². The highest BCUT2D eigenvalue weighted by molar-refractivity contribution is 5.87. The molecule has 6 aliphatic rings. The van der Waals surface area contributed by atoms with Crippen molar-refractivity contribution >= 4 is 21.5 Å². The Labute approximate surface area is 616 Å². The normalized spacial score (nSPS) is 21.1. The summed E-state index contributed by atoms with van der Waals surface area (Å²) in [6.45, 7) is 44.1. The van der Waals surface area contributed by atoms with Crippen LogP contribution in [0.15, 0.2) is 237 Å². The second kappa shape index (κ2) is 36.3. The van der Waals surface area contributed by atoms with E-state index in [2.05, 4.69) is 333 Å². The topological polar surface area (TPSA) is 59.9 Å². The Bertz CT molecular complexity index is 3800. The SMILES string of the molecule is CC(c1cccc2ccccc12)N1C(C)(C)CC(O)CC1(C)C.CC(c1ccccc1)N1CCC(O)(c2ccccc2)CC1.CC1CCN(C(C)c2ccccc2)CC1.CC1CN(C(C)c2ccccc2)C1.CC1CN([C@@H](C)c2cccc3ccccc23)C1.CC1CN([C@@H](C)c2ccccc2)C1. The summed E-state index contributed by atoms with van der Waals surface area (Å²) in [5, 5.41) is 26.6. The molecule has 15 rings (SSSR count). The van der Waals surface area contributed by atoms with Gasteiger partial charge in [-0.15, -0.1) is 0 Å². The zero-order chi connectivity index (χ0) is 72.6. The zero-order valence-electron chi connectivity index (χ0n) is 64.8. The Kier molecular flexibility index (Phi) is 27.6. The Hall–Kier alpha value is -6.82. The lowest BCUT2D eigenvalue weighted by Gasteiger charge is -2.57. The molecule has 544 valence electrons. The number of piperidine rings is 3. The molecule has 102 heavy (non-hydrogen) atoms. The fourth-order valence-electron chi connectivity index (χ4n) is 17.5. The van der Waals surface area contributed by atoms with Crippen molar-refractivity contribution < 1.29 is 10.2 Å². The van der Waals surface area contributed by atoms with Gasteiger partial charge in [-0.05, 0) is 205 Å². The van der Waals surface area contributed by atoms with Gasteiger partial charge in [-0.2, -0.15) is 0 Å². The van der Waals surface area contributed by atoms with E-state index in [0.717, 1.165) is 68.0 Å². The Balaban J connectivity index is 0.000000133. The molecule has 6 saturated heterocycles. The number of hydrogen-bond donors (Lipinski definition) is 2. The minimum Gasteiger partial charge on any atom is -0.393 e. The summed E-state index contributed by atoms with van der Waals surface area (Å²) >= 11 is 0. The standard InChI is InChI=1S/C21H29NO.C19H23NO.C16H19N.C14H21N.2C12H17N/c1-15(18-12-8-10-16-9-6-7-11-19(16)18)22-20(2,3)13-17(23)14-21(22,4)5;1-16(17-8-4-2-5-9-17)20-14-12-19(21,13-15-20)18-10-6-3-7-11-18;1-12-10-17(11-12)13(2)15-9-5-7-14-6-3-4-8-16(14)15;1-12-8-10-15(11-9-12)13(2)14-6-4-3-5-7-14;2*1-10-8-13(9-10)11(2)12-6-4-3-5-7-12/h6-12,15,17,23H,13-14H2,1-5H3;2-11,16,21H,12-15H2,1H3;3-9,12-13H,10-11H2,1-2H3;3-7,12-13H,8-11H2,1-2H3;2*3-7,10-11H,8-9H2,1-2H3/t;;13-;;11-;/m..0.0./s1. The summed E-state index contributed by atoms with van der Waals surface area (Å²) in [4.78, 5) is 15.3. The van der Waals surface area contributed by atoms with Crippen molar-refractivity contribution in [2.24, 2.45) is 23.7 Å². The second-order valence-electron chi connectivity index (χ2n) is 32.7. The molecule has 0 bridgehead atoms. The lowest BCUT2D eigenvalue weighted by atomic mass is 9.76. The lowest BCUT2D eigenvalue weighted by Crippen LogP contribution is -2.62. The number of aliphatic hydroxyl groups excluding tert-OH is 1. The fourth-order valence-corrected chi connectivity index (χ4v) is 17.5. The van der Waals surface area contributed by atoms with Crippen molar-refractivity contribution in [3.8, 4) is 0 Å². The van der Waals surface area contributed by atoms with Crippen molar-refractivity contribution in [2.75, 3.05) is 65.4 Å². The molecule has 0 aromatic heterocycles. The largest absolute Gasteiger partial charge is 0.393 e. The predicted molar refractivity (Wildman–Crippen MR) is 433 cm³/mol. The van der Waals surface area contributed by atoms with Gasteiger partial charge < -0.3 is 10.2 Å². The smallest absolute Gasteiger partial charge is 0.0920 e. The second-order valence-corrected chi connectivity index (χ2v) is 32.7. The van der Waals surface area contributed by atoms with Gasteiger partial charge in [0, 0.05) is 99.7 Å². The molecule has 9 aromatic rings. The van der Waals surface area contributed by atoms with Crippen LogP contribution in [-0.2, 0) is 5.60 Å². The zero-order valence-corrected chi connectivity index (χ0v) is 64.8. The van der Waals surface area contributed by atoms with Crippen LogP contribution < -0.4 is 0 Å². The van der Waals surface area contributed by atoms with E-state index in [1.165, 1.54) is 120 Å². The van der Waals surface area contributed by atoms with E-state index in [-0.39, 0.29) is 17.2 Å². The van der Waals surface area contributed by atoms with Crippen LogP contribution in [0.25, 0.3) is 21.5 Å². The van der Waals surface area contributed by atoms with Crippen molar-refractivity contribution in [3.05, 3.63) is 276 Å². The third-order valence-electron chi connectivity index (χ3n) is 23.6. The minimum atomic E-state index is -0.659. The molecule has 0 radical (unpaired) electrons. The maximum Gasteiger partial charge on any atom is 0.0920 e. The van der Waals surface area contributed by atoms with Crippen LogP contribution in [0, 0.1) is 23.7 Å². The molecule has 2 N–H and O–H groups in total. The first-order valence-electron chi connectivity index (χ1n) is 39.1. The van der Waals surface area contributed by atoms with Crippen molar-refractivity contribution in [1.82, 2.24) is 29.4 Å². The number of rotatable bonds is 13. The molecule has 6 atom stereocenters. The molecule has 6 fully saturated rings. The van der Waals surface area contributed by atoms with Gasteiger partial charge in [-0.25, -0.2) is 0 Å². The van der Waals surface area contributed by atoms with Gasteiger partial charge in [-0.1, -0.05) is 264 Å². The van der Waals surface area contributed by atoms with Crippen molar-refractivity contribution in [2.45, 2.75) is 194 Å². The molecule has 0 spiro atoms. The highest BCUT2D eigenvalue weighted by Crippen LogP contribution is 2.46. The Morgan fingerprint density at radius 1 is 0.324 bits per heavy atom. The number of nitrogens with zero attached hydrogens (tertiary/aromatic N) is 6. The molecule has 8 heteroatoms. The van der Waals surface area contributed by atoms with E-state index in [4.69, 9.17) is 0 Å². The molecule has 6 heterocycles. The van der Waals surface area contributed by atoms with E-state index in [0.29, 0.717) is 36.3 Å². The molecule has 4 unspecified atom stereocenters. The number of aliphatic hydroxyl groups is 2. The fraction of sp³-hybridized carbons (Fsp3) is 0.468. The average Bonchev–Trinajstić information content (AvgIpc) is 0.748. The van der Waals surface area contributed by atoms with Crippen molar-refractivity contribution in [3.63, 3.8) is 0 Å². The molecule has 0 saturated carbocycles. The summed E-state index contributed by atoms with van der Waals surface area (Å²) in [5.74, 6) is 3.58. The predicted octanol–water partition coefficient (Wildman–Crippen LogP) is 21.4. The number of benzene rings is 9. The first-order valence-corrected chi connectivity index (χ1v) is 39.1. The van der Waals surface area contributed by atoms with Gasteiger partial charge in [-0.3, -0.25) is 29.4 Å². The highest BCUT2D eigenvalue weighted by Gasteiger charge is 2.47. The van der Waals surface area contributed by atoms with Gasteiger partial charge >= 0.3 is 0 Å². The van der Waals surface area contributed by atoms with Gasteiger partial charge in [0.2, 0.25) is 0 Å².